The number of nitrogens with one attached hydrogen (secondary N) is 1. The van der Waals surface area contributed by atoms with Crippen LogP contribution in [0.3, 0.4) is 0 Å². The average molecular weight is 588 g/mol. The second-order valence-corrected chi connectivity index (χ2v) is 13.2. The summed E-state index contributed by atoms with van der Waals surface area (Å²) in [5, 5.41) is 2.66. The third-order valence-electron chi connectivity index (χ3n) is 6.64. The van der Waals surface area contributed by atoms with Gasteiger partial charge in [-0.15, -0.1) is 0 Å². The van der Waals surface area contributed by atoms with Crippen LogP contribution < -0.4 is 19.1 Å². The zero-order chi connectivity index (χ0) is 28.9. The predicted molar refractivity (Wildman–Crippen MR) is 153 cm³/mol. The van der Waals surface area contributed by atoms with Gasteiger partial charge in [-0.3, -0.25) is 9.10 Å². The average Bonchev–Trinajstić information content (AvgIpc) is 2.97. The Labute approximate surface area is 235 Å². The molecule has 3 aromatic carbocycles. The molecule has 1 aliphatic heterocycles. The number of hydrogen-bond acceptors (Lipinski definition) is 7. The topological polar surface area (TPSA) is 122 Å². The van der Waals surface area contributed by atoms with Crippen LogP contribution in [0.5, 0.6) is 11.5 Å². The van der Waals surface area contributed by atoms with Gasteiger partial charge in [0.2, 0.25) is 15.9 Å². The lowest BCUT2D eigenvalue weighted by Crippen LogP contribution is -2.38. The minimum atomic E-state index is -4.14. The molecule has 1 N–H and O–H groups in total. The Bertz CT molecular complexity index is 1550. The Hall–Kier alpha value is -3.61. The fourth-order valence-corrected chi connectivity index (χ4v) is 7.55. The lowest BCUT2D eigenvalue weighted by atomic mass is 10.2. The molecule has 12 heteroatoms. The predicted octanol–water partition coefficient (Wildman–Crippen LogP) is 4.02. The fraction of sp³-hybridized carbons (Fsp3) is 0.321. The maximum absolute atomic E-state index is 13.7. The van der Waals surface area contributed by atoms with Crippen molar-refractivity contribution in [1.29, 1.82) is 0 Å². The fourth-order valence-electron chi connectivity index (χ4n) is 4.43. The van der Waals surface area contributed by atoms with Crippen molar-refractivity contribution in [3.05, 3.63) is 72.3 Å². The number of piperidine rings is 1. The number of aryl methyl sites for hydroxylation is 1. The van der Waals surface area contributed by atoms with Crippen molar-refractivity contribution in [1.82, 2.24) is 4.31 Å². The highest BCUT2D eigenvalue weighted by Crippen LogP contribution is 2.31. The monoisotopic (exact) mass is 587 g/mol. The standard InChI is InChI=1S/C28H33N3O7S2/c1-21-7-10-23(11-8-21)31(39(33,34)25-14-12-24(37-2)13-15-25)20-28(32)29-22-9-16-26(38-3)27(19-22)40(35,36)30-17-5-4-6-18-30/h7-16,19H,4-6,17-18,20H2,1-3H3,(H,29,32). The van der Waals surface area contributed by atoms with Crippen molar-refractivity contribution in [2.45, 2.75) is 36.0 Å². The van der Waals surface area contributed by atoms with Gasteiger partial charge in [-0.05, 0) is 74.4 Å². The van der Waals surface area contributed by atoms with E-state index >= 15 is 0 Å². The second-order valence-electron chi connectivity index (χ2n) is 9.40. The number of sulfonamides is 2. The first-order chi connectivity index (χ1) is 19.1. The molecule has 214 valence electrons. The molecular weight excluding hydrogens is 554 g/mol. The maximum Gasteiger partial charge on any atom is 0.264 e. The van der Waals surface area contributed by atoms with Crippen molar-refractivity contribution in [3.63, 3.8) is 0 Å². The van der Waals surface area contributed by atoms with Gasteiger partial charge in [-0.2, -0.15) is 4.31 Å². The molecule has 4 rings (SSSR count). The zero-order valence-corrected chi connectivity index (χ0v) is 24.3. The molecule has 0 spiro atoms. The van der Waals surface area contributed by atoms with E-state index in [4.69, 9.17) is 9.47 Å². The number of hydrogen-bond donors (Lipinski definition) is 1. The van der Waals surface area contributed by atoms with Crippen LogP contribution in [0.1, 0.15) is 24.8 Å². The lowest BCUT2D eigenvalue weighted by molar-refractivity contribution is -0.114. The minimum absolute atomic E-state index is 0.0129. The van der Waals surface area contributed by atoms with E-state index in [9.17, 15) is 21.6 Å². The Balaban J connectivity index is 1.63. The molecule has 0 aromatic heterocycles. The summed E-state index contributed by atoms with van der Waals surface area (Å²) >= 11 is 0. The quantitative estimate of drug-likeness (QED) is 0.380. The molecule has 0 saturated carbocycles. The van der Waals surface area contributed by atoms with Crippen molar-refractivity contribution in [2.24, 2.45) is 0 Å². The zero-order valence-electron chi connectivity index (χ0n) is 22.7. The van der Waals surface area contributed by atoms with Crippen LogP contribution in [-0.4, -0.2) is 60.9 Å². The van der Waals surface area contributed by atoms with Gasteiger partial charge in [0, 0.05) is 18.8 Å². The van der Waals surface area contributed by atoms with Gasteiger partial charge in [-0.25, -0.2) is 16.8 Å². The van der Waals surface area contributed by atoms with Crippen LogP contribution in [0, 0.1) is 6.92 Å². The molecule has 0 unspecified atom stereocenters. The van der Waals surface area contributed by atoms with Crippen LogP contribution in [0.2, 0.25) is 0 Å². The molecule has 1 fully saturated rings. The van der Waals surface area contributed by atoms with E-state index in [-0.39, 0.29) is 21.2 Å². The Kier molecular flexibility index (Phi) is 9.02. The van der Waals surface area contributed by atoms with E-state index in [1.807, 2.05) is 6.92 Å². The molecule has 1 amide bonds. The smallest absolute Gasteiger partial charge is 0.264 e. The van der Waals surface area contributed by atoms with E-state index in [1.165, 1.54) is 61.0 Å². The summed E-state index contributed by atoms with van der Waals surface area (Å²) in [6.45, 7) is 2.16. The number of carbonyl (C=O) groups is 1. The van der Waals surface area contributed by atoms with E-state index < -0.39 is 32.5 Å². The number of amides is 1. The van der Waals surface area contributed by atoms with Crippen LogP contribution in [0.4, 0.5) is 11.4 Å². The van der Waals surface area contributed by atoms with Gasteiger partial charge < -0.3 is 14.8 Å². The van der Waals surface area contributed by atoms with Gasteiger partial charge >= 0.3 is 0 Å². The number of nitrogens with zero attached hydrogens (tertiary/aromatic N) is 2. The normalized spacial score (nSPS) is 14.4. The Morgan fingerprint density at radius 3 is 2.12 bits per heavy atom. The van der Waals surface area contributed by atoms with E-state index in [0.717, 1.165) is 29.1 Å². The first-order valence-corrected chi connectivity index (χ1v) is 15.7. The first-order valence-electron chi connectivity index (χ1n) is 12.8. The van der Waals surface area contributed by atoms with Crippen LogP contribution in [0.15, 0.2) is 76.5 Å². The third-order valence-corrected chi connectivity index (χ3v) is 10.3. The van der Waals surface area contributed by atoms with E-state index in [1.54, 1.807) is 24.3 Å². The van der Waals surface area contributed by atoms with Gasteiger partial charge in [0.05, 0.1) is 24.8 Å². The van der Waals surface area contributed by atoms with Gasteiger partial charge in [0.1, 0.15) is 22.9 Å². The van der Waals surface area contributed by atoms with Crippen LogP contribution in [-0.2, 0) is 24.8 Å². The number of carbonyl (C=O) groups excluding carboxylic acids is 1. The summed E-state index contributed by atoms with van der Waals surface area (Å²) in [5.74, 6) is 0.00415. The molecule has 0 bridgehead atoms. The van der Waals surface area contributed by atoms with Gasteiger partial charge in [0.25, 0.3) is 10.0 Å². The van der Waals surface area contributed by atoms with Crippen molar-refractivity contribution in [3.8, 4) is 11.5 Å². The number of methoxy groups -OCH3 is 2. The maximum atomic E-state index is 13.7. The number of benzene rings is 3. The Morgan fingerprint density at radius 1 is 0.875 bits per heavy atom. The van der Waals surface area contributed by atoms with Crippen LogP contribution in [0.25, 0.3) is 0 Å². The molecule has 3 aromatic rings. The molecule has 1 saturated heterocycles. The van der Waals surface area contributed by atoms with Gasteiger partial charge in [0.15, 0.2) is 0 Å². The molecule has 0 radical (unpaired) electrons. The molecule has 10 nitrogen and oxygen atoms in total. The molecule has 40 heavy (non-hydrogen) atoms. The van der Waals surface area contributed by atoms with Crippen molar-refractivity contribution >= 4 is 37.3 Å². The molecule has 1 heterocycles. The van der Waals surface area contributed by atoms with E-state index in [2.05, 4.69) is 5.32 Å². The lowest BCUT2D eigenvalue weighted by Gasteiger charge is -2.27. The summed E-state index contributed by atoms with van der Waals surface area (Å²) in [6, 6.07) is 17.0. The second kappa shape index (κ2) is 12.3. The van der Waals surface area contributed by atoms with E-state index in [0.29, 0.717) is 24.5 Å². The molecule has 1 aliphatic rings. The summed E-state index contributed by atoms with van der Waals surface area (Å²) < 4.78 is 66.9. The van der Waals surface area contributed by atoms with Crippen molar-refractivity contribution < 1.29 is 31.1 Å². The summed E-state index contributed by atoms with van der Waals surface area (Å²) in [6.07, 6.45) is 2.52. The Morgan fingerprint density at radius 2 is 1.52 bits per heavy atom. The minimum Gasteiger partial charge on any atom is -0.497 e. The number of ether oxygens (including phenoxy) is 2. The summed E-state index contributed by atoms with van der Waals surface area (Å²) in [5.41, 5.74) is 1.43. The van der Waals surface area contributed by atoms with Gasteiger partial charge in [-0.1, -0.05) is 24.1 Å². The highest BCUT2D eigenvalue weighted by atomic mass is 32.2. The molecule has 0 aliphatic carbocycles. The highest BCUT2D eigenvalue weighted by Gasteiger charge is 2.30. The SMILES string of the molecule is COc1ccc(S(=O)(=O)N(CC(=O)Nc2ccc(OC)c(S(=O)(=O)N3CCCCC3)c2)c2ccc(C)cc2)cc1. The van der Waals surface area contributed by atoms with Crippen molar-refractivity contribution in [2.75, 3.05) is 43.5 Å². The third kappa shape index (κ3) is 6.40. The summed E-state index contributed by atoms with van der Waals surface area (Å²) in [7, 11) is -5.14. The molecule has 0 atom stereocenters. The van der Waals surface area contributed by atoms with Crippen LogP contribution >= 0.6 is 0 Å². The number of rotatable bonds is 10. The number of anilines is 2. The largest absolute Gasteiger partial charge is 0.497 e. The summed E-state index contributed by atoms with van der Waals surface area (Å²) in [4.78, 5) is 13.2. The molecular formula is C28H33N3O7S2. The first kappa shape index (κ1) is 29.4. The highest BCUT2D eigenvalue weighted by molar-refractivity contribution is 7.92.